The second-order valence-electron chi connectivity index (χ2n) is 5.90. The molecule has 1 unspecified atom stereocenters. The highest BCUT2D eigenvalue weighted by Gasteiger charge is 2.38. The minimum atomic E-state index is -0.893. The molecule has 0 aromatic heterocycles. The second-order valence-corrected chi connectivity index (χ2v) is 5.90. The van der Waals surface area contributed by atoms with Crippen molar-refractivity contribution >= 4 is 12.1 Å². The number of ether oxygens (including phenoxy) is 1. The number of hydrogen-bond acceptors (Lipinski definition) is 4. The van der Waals surface area contributed by atoms with Gasteiger partial charge in [0, 0.05) is 19.6 Å². The molecule has 110 valence electrons. The van der Waals surface area contributed by atoms with Crippen molar-refractivity contribution in [3.8, 4) is 0 Å². The minimum absolute atomic E-state index is 0.117. The van der Waals surface area contributed by atoms with Gasteiger partial charge in [0.05, 0.1) is 19.2 Å². The van der Waals surface area contributed by atoms with Crippen molar-refractivity contribution in [1.29, 1.82) is 0 Å². The van der Waals surface area contributed by atoms with Crippen LogP contribution in [0.15, 0.2) is 0 Å². The molecule has 6 heteroatoms. The number of amides is 1. The molecule has 1 fully saturated rings. The highest BCUT2D eigenvalue weighted by Crippen LogP contribution is 2.27. The average molecular weight is 272 g/mol. The van der Waals surface area contributed by atoms with Gasteiger partial charge >= 0.3 is 12.1 Å². The van der Waals surface area contributed by atoms with E-state index in [9.17, 15) is 14.7 Å². The van der Waals surface area contributed by atoms with Gasteiger partial charge < -0.3 is 14.7 Å². The van der Waals surface area contributed by atoms with Crippen LogP contribution in [0.3, 0.4) is 0 Å². The predicted molar refractivity (Wildman–Crippen MR) is 71.0 cm³/mol. The molecule has 0 spiro atoms. The van der Waals surface area contributed by atoms with E-state index in [1.807, 2.05) is 25.7 Å². The fourth-order valence-electron chi connectivity index (χ4n) is 2.34. The van der Waals surface area contributed by atoms with Crippen LogP contribution in [0.4, 0.5) is 4.79 Å². The van der Waals surface area contributed by atoms with Crippen molar-refractivity contribution in [2.75, 3.05) is 32.8 Å². The fraction of sp³-hybridized carbons (Fsp3) is 0.846. The molecule has 1 heterocycles. The van der Waals surface area contributed by atoms with E-state index in [4.69, 9.17) is 4.74 Å². The fourth-order valence-corrected chi connectivity index (χ4v) is 2.34. The zero-order valence-corrected chi connectivity index (χ0v) is 12.2. The normalized spacial score (nSPS) is 21.3. The Kier molecular flexibility index (Phi) is 5.17. The lowest BCUT2D eigenvalue weighted by atomic mass is 9.84. The summed E-state index contributed by atoms with van der Waals surface area (Å²) in [7, 11) is 0. The second kappa shape index (κ2) is 6.23. The first-order chi connectivity index (χ1) is 8.75. The maximum absolute atomic E-state index is 11.5. The summed E-state index contributed by atoms with van der Waals surface area (Å²) >= 11 is 0. The molecule has 19 heavy (non-hydrogen) atoms. The van der Waals surface area contributed by atoms with Gasteiger partial charge in [0.25, 0.3) is 0 Å². The maximum atomic E-state index is 11.5. The summed E-state index contributed by atoms with van der Waals surface area (Å²) in [6.45, 7) is 9.98. The topological polar surface area (TPSA) is 70.1 Å². The Balaban J connectivity index is 2.69. The summed E-state index contributed by atoms with van der Waals surface area (Å²) in [4.78, 5) is 26.2. The van der Waals surface area contributed by atoms with Crippen LogP contribution < -0.4 is 0 Å². The van der Waals surface area contributed by atoms with Gasteiger partial charge in [-0.1, -0.05) is 20.8 Å². The molecule has 0 radical (unpaired) electrons. The van der Waals surface area contributed by atoms with Gasteiger partial charge in [-0.05, 0) is 12.3 Å². The lowest BCUT2D eigenvalue weighted by Gasteiger charge is -2.45. The van der Waals surface area contributed by atoms with Crippen LogP contribution in [0.1, 0.15) is 27.7 Å². The average Bonchev–Trinajstić information content (AvgIpc) is 2.27. The molecule has 1 amide bonds. The predicted octanol–water partition coefficient (Wildman–Crippen LogP) is 1.26. The maximum Gasteiger partial charge on any atom is 0.407 e. The standard InChI is InChI=1S/C13H24N2O4/c1-5-19-11(16)9-14-6-7-15(12(17)18)10(8-14)13(2,3)4/h10H,5-9H2,1-4H3,(H,17,18). The number of piperazine rings is 1. The van der Waals surface area contributed by atoms with Crippen LogP contribution in [-0.2, 0) is 9.53 Å². The van der Waals surface area contributed by atoms with Crippen LogP contribution in [0.25, 0.3) is 0 Å². The van der Waals surface area contributed by atoms with Crippen molar-refractivity contribution in [3.05, 3.63) is 0 Å². The summed E-state index contributed by atoms with van der Waals surface area (Å²) in [5.41, 5.74) is -0.161. The molecule has 1 N–H and O–H groups in total. The van der Waals surface area contributed by atoms with Gasteiger partial charge in [0.1, 0.15) is 0 Å². The van der Waals surface area contributed by atoms with E-state index in [1.54, 1.807) is 6.92 Å². The molecule has 6 nitrogen and oxygen atoms in total. The Morgan fingerprint density at radius 3 is 2.42 bits per heavy atom. The largest absolute Gasteiger partial charge is 0.465 e. The van der Waals surface area contributed by atoms with Gasteiger partial charge in [-0.25, -0.2) is 4.79 Å². The Bertz CT molecular complexity index is 338. The van der Waals surface area contributed by atoms with Crippen LogP contribution in [0.2, 0.25) is 0 Å². The zero-order chi connectivity index (χ0) is 14.6. The van der Waals surface area contributed by atoms with Crippen LogP contribution >= 0.6 is 0 Å². The summed E-state index contributed by atoms with van der Waals surface area (Å²) in [6.07, 6.45) is -0.893. The molecule has 0 aromatic carbocycles. The van der Waals surface area contributed by atoms with Gasteiger partial charge in [-0.15, -0.1) is 0 Å². The van der Waals surface area contributed by atoms with Crippen LogP contribution in [0, 0.1) is 5.41 Å². The molecule has 0 bridgehead atoms. The molecule has 1 atom stereocenters. The van der Waals surface area contributed by atoms with Gasteiger partial charge in [-0.3, -0.25) is 9.69 Å². The summed E-state index contributed by atoms with van der Waals surface area (Å²) in [5.74, 6) is -0.251. The van der Waals surface area contributed by atoms with Gasteiger partial charge in [-0.2, -0.15) is 0 Å². The lowest BCUT2D eigenvalue weighted by molar-refractivity contribution is -0.145. The number of nitrogens with zero attached hydrogens (tertiary/aromatic N) is 2. The van der Waals surface area contributed by atoms with E-state index in [0.717, 1.165) is 0 Å². The first-order valence-corrected chi connectivity index (χ1v) is 6.63. The van der Waals surface area contributed by atoms with Crippen LogP contribution in [0.5, 0.6) is 0 Å². The number of esters is 1. The van der Waals surface area contributed by atoms with Crippen molar-refractivity contribution < 1.29 is 19.4 Å². The molecule has 1 aliphatic heterocycles. The molecule has 0 aromatic rings. The third-order valence-electron chi connectivity index (χ3n) is 3.37. The molecule has 1 aliphatic rings. The van der Waals surface area contributed by atoms with Crippen molar-refractivity contribution in [3.63, 3.8) is 0 Å². The van der Waals surface area contributed by atoms with Gasteiger partial charge in [0.2, 0.25) is 0 Å². The minimum Gasteiger partial charge on any atom is -0.465 e. The number of carboxylic acid groups (broad SMARTS) is 1. The van der Waals surface area contributed by atoms with E-state index in [-0.39, 0.29) is 24.0 Å². The molecule has 1 rings (SSSR count). The van der Waals surface area contributed by atoms with E-state index in [1.165, 1.54) is 4.90 Å². The van der Waals surface area contributed by atoms with E-state index in [0.29, 0.717) is 26.2 Å². The Morgan fingerprint density at radius 1 is 1.32 bits per heavy atom. The molecular weight excluding hydrogens is 248 g/mol. The highest BCUT2D eigenvalue weighted by molar-refractivity contribution is 5.71. The molecular formula is C13H24N2O4. The first-order valence-electron chi connectivity index (χ1n) is 6.63. The first kappa shape index (κ1) is 15.8. The third kappa shape index (κ3) is 4.38. The third-order valence-corrected chi connectivity index (χ3v) is 3.37. The molecule has 0 saturated carbocycles. The summed E-state index contributed by atoms with van der Waals surface area (Å²) in [5, 5.41) is 9.24. The Labute approximate surface area is 114 Å². The van der Waals surface area contributed by atoms with Crippen molar-refractivity contribution in [1.82, 2.24) is 9.80 Å². The smallest absolute Gasteiger partial charge is 0.407 e. The SMILES string of the molecule is CCOC(=O)CN1CCN(C(=O)O)C(C(C)(C)C)C1. The van der Waals surface area contributed by atoms with E-state index < -0.39 is 6.09 Å². The number of hydrogen-bond donors (Lipinski definition) is 1. The lowest BCUT2D eigenvalue weighted by Crippen LogP contribution is -2.60. The highest BCUT2D eigenvalue weighted by atomic mass is 16.5. The Hall–Kier alpha value is -1.30. The van der Waals surface area contributed by atoms with Crippen molar-refractivity contribution in [2.24, 2.45) is 5.41 Å². The Morgan fingerprint density at radius 2 is 1.95 bits per heavy atom. The van der Waals surface area contributed by atoms with E-state index in [2.05, 4.69) is 0 Å². The van der Waals surface area contributed by atoms with Gasteiger partial charge in [0.15, 0.2) is 0 Å². The molecule has 0 aliphatic carbocycles. The van der Waals surface area contributed by atoms with E-state index >= 15 is 0 Å². The number of carbonyl (C=O) groups excluding carboxylic acids is 1. The quantitative estimate of drug-likeness (QED) is 0.783. The van der Waals surface area contributed by atoms with Crippen molar-refractivity contribution in [2.45, 2.75) is 33.7 Å². The molecule has 1 saturated heterocycles. The summed E-state index contributed by atoms with van der Waals surface area (Å²) in [6, 6.07) is -0.117. The number of rotatable bonds is 3. The van der Waals surface area contributed by atoms with Crippen LogP contribution in [-0.4, -0.2) is 65.8 Å². The zero-order valence-electron chi connectivity index (χ0n) is 12.2. The summed E-state index contributed by atoms with van der Waals surface area (Å²) < 4.78 is 4.93. The monoisotopic (exact) mass is 272 g/mol. The number of carbonyl (C=O) groups is 2.